The number of fused-ring (bicyclic) bond motifs is 1. The molecule has 0 saturated carbocycles. The molecule has 0 spiro atoms. The quantitative estimate of drug-likeness (QED) is 0.926. The molecule has 3 rings (SSSR count). The number of anilines is 2. The maximum absolute atomic E-state index is 4.81. The standard InChI is InChI=1S/C17H24N4/c1-2-11-18-16-14-9-5-6-10-15(14)19-17(20-16)21-12-7-3-4-8-13-21/h5-6,9-10H,2-4,7-8,11-13H2,1H3,(H,18,19,20). The van der Waals surface area contributed by atoms with Gasteiger partial charge in [0.25, 0.3) is 0 Å². The van der Waals surface area contributed by atoms with Gasteiger partial charge in [-0.15, -0.1) is 0 Å². The number of hydrogen-bond donors (Lipinski definition) is 1. The maximum Gasteiger partial charge on any atom is 0.227 e. The summed E-state index contributed by atoms with van der Waals surface area (Å²) in [5.41, 5.74) is 1.03. The number of hydrogen-bond acceptors (Lipinski definition) is 4. The third kappa shape index (κ3) is 3.26. The van der Waals surface area contributed by atoms with Crippen LogP contribution in [0.25, 0.3) is 10.9 Å². The third-order valence-corrected chi connectivity index (χ3v) is 4.02. The molecule has 0 unspecified atom stereocenters. The predicted molar refractivity (Wildman–Crippen MR) is 89.0 cm³/mol. The zero-order valence-electron chi connectivity index (χ0n) is 12.8. The van der Waals surface area contributed by atoms with Gasteiger partial charge in [-0.2, -0.15) is 4.98 Å². The summed E-state index contributed by atoms with van der Waals surface area (Å²) < 4.78 is 0. The fourth-order valence-electron chi connectivity index (χ4n) is 2.85. The van der Waals surface area contributed by atoms with E-state index in [4.69, 9.17) is 9.97 Å². The van der Waals surface area contributed by atoms with E-state index in [1.54, 1.807) is 0 Å². The molecule has 1 aromatic carbocycles. The van der Waals surface area contributed by atoms with Gasteiger partial charge in [-0.1, -0.05) is 31.9 Å². The highest BCUT2D eigenvalue weighted by atomic mass is 15.3. The van der Waals surface area contributed by atoms with Crippen LogP contribution in [0.1, 0.15) is 39.0 Å². The van der Waals surface area contributed by atoms with Crippen molar-refractivity contribution in [2.45, 2.75) is 39.0 Å². The summed E-state index contributed by atoms with van der Waals surface area (Å²) in [4.78, 5) is 11.9. The summed E-state index contributed by atoms with van der Waals surface area (Å²) >= 11 is 0. The maximum atomic E-state index is 4.81. The van der Waals surface area contributed by atoms with Crippen LogP contribution in [0.5, 0.6) is 0 Å². The summed E-state index contributed by atoms with van der Waals surface area (Å²) in [6.07, 6.45) is 6.23. The van der Waals surface area contributed by atoms with Crippen LogP contribution in [0.4, 0.5) is 11.8 Å². The van der Waals surface area contributed by atoms with E-state index in [9.17, 15) is 0 Å². The Morgan fingerprint density at radius 3 is 2.57 bits per heavy atom. The van der Waals surface area contributed by atoms with E-state index in [0.29, 0.717) is 0 Å². The van der Waals surface area contributed by atoms with E-state index in [1.807, 2.05) is 6.07 Å². The monoisotopic (exact) mass is 284 g/mol. The lowest BCUT2D eigenvalue weighted by atomic mass is 10.2. The molecule has 1 fully saturated rings. The van der Waals surface area contributed by atoms with Gasteiger partial charge in [-0.3, -0.25) is 0 Å². The number of rotatable bonds is 4. The lowest BCUT2D eigenvalue weighted by Crippen LogP contribution is -2.26. The van der Waals surface area contributed by atoms with E-state index >= 15 is 0 Å². The molecule has 1 N–H and O–H groups in total. The van der Waals surface area contributed by atoms with E-state index in [1.165, 1.54) is 25.7 Å². The number of benzene rings is 1. The van der Waals surface area contributed by atoms with Crippen molar-refractivity contribution in [3.05, 3.63) is 24.3 Å². The first-order chi connectivity index (χ1) is 10.4. The van der Waals surface area contributed by atoms with Crippen LogP contribution in [0, 0.1) is 0 Å². The van der Waals surface area contributed by atoms with Gasteiger partial charge in [-0.25, -0.2) is 4.98 Å². The Morgan fingerprint density at radius 1 is 1.05 bits per heavy atom. The Hall–Kier alpha value is -1.84. The Kier molecular flexibility index (Phi) is 4.53. The molecule has 2 aromatic rings. The summed E-state index contributed by atoms with van der Waals surface area (Å²) in [5.74, 6) is 1.86. The molecule has 2 heterocycles. The predicted octanol–water partition coefficient (Wildman–Crippen LogP) is 3.83. The average Bonchev–Trinajstić information content (AvgIpc) is 2.81. The highest BCUT2D eigenvalue weighted by Crippen LogP contribution is 2.24. The third-order valence-electron chi connectivity index (χ3n) is 4.02. The van der Waals surface area contributed by atoms with Crippen molar-refractivity contribution in [2.24, 2.45) is 0 Å². The van der Waals surface area contributed by atoms with E-state index < -0.39 is 0 Å². The molecule has 0 atom stereocenters. The molecule has 1 saturated heterocycles. The molecular weight excluding hydrogens is 260 g/mol. The molecule has 112 valence electrons. The minimum Gasteiger partial charge on any atom is -0.369 e. The summed E-state index contributed by atoms with van der Waals surface area (Å²) in [6, 6.07) is 8.27. The molecule has 21 heavy (non-hydrogen) atoms. The van der Waals surface area contributed by atoms with Gasteiger partial charge in [0.05, 0.1) is 5.52 Å². The van der Waals surface area contributed by atoms with Gasteiger partial charge in [0.15, 0.2) is 0 Å². The minimum atomic E-state index is 0.884. The van der Waals surface area contributed by atoms with Gasteiger partial charge in [0, 0.05) is 25.0 Å². The largest absolute Gasteiger partial charge is 0.369 e. The van der Waals surface area contributed by atoms with Crippen LogP contribution in [-0.2, 0) is 0 Å². The SMILES string of the molecule is CCCNc1nc(N2CCCCCC2)nc2ccccc12. The first kappa shape index (κ1) is 14.1. The first-order valence-electron chi connectivity index (χ1n) is 8.14. The Labute approximate surface area is 126 Å². The fourth-order valence-corrected chi connectivity index (χ4v) is 2.85. The van der Waals surface area contributed by atoms with Crippen LogP contribution >= 0.6 is 0 Å². The molecule has 0 amide bonds. The van der Waals surface area contributed by atoms with Crippen LogP contribution in [0.2, 0.25) is 0 Å². The molecule has 0 radical (unpaired) electrons. The Morgan fingerprint density at radius 2 is 1.81 bits per heavy atom. The van der Waals surface area contributed by atoms with Crippen molar-refractivity contribution in [3.63, 3.8) is 0 Å². The highest BCUT2D eigenvalue weighted by Gasteiger charge is 2.15. The van der Waals surface area contributed by atoms with Gasteiger partial charge in [0.1, 0.15) is 5.82 Å². The minimum absolute atomic E-state index is 0.884. The zero-order chi connectivity index (χ0) is 14.5. The van der Waals surface area contributed by atoms with Crippen molar-refractivity contribution >= 4 is 22.7 Å². The number of nitrogens with zero attached hydrogens (tertiary/aromatic N) is 3. The smallest absolute Gasteiger partial charge is 0.227 e. The Balaban J connectivity index is 1.97. The molecule has 0 bridgehead atoms. The number of aromatic nitrogens is 2. The molecular formula is C17H24N4. The van der Waals surface area contributed by atoms with Crippen molar-refractivity contribution in [3.8, 4) is 0 Å². The van der Waals surface area contributed by atoms with Gasteiger partial charge in [-0.05, 0) is 31.4 Å². The van der Waals surface area contributed by atoms with Crippen molar-refractivity contribution < 1.29 is 0 Å². The zero-order valence-corrected chi connectivity index (χ0v) is 12.8. The van der Waals surface area contributed by atoms with Gasteiger partial charge >= 0.3 is 0 Å². The van der Waals surface area contributed by atoms with Gasteiger partial charge < -0.3 is 10.2 Å². The normalized spacial score (nSPS) is 16.0. The van der Waals surface area contributed by atoms with Crippen LogP contribution < -0.4 is 10.2 Å². The molecule has 0 aliphatic carbocycles. The first-order valence-corrected chi connectivity index (χ1v) is 8.14. The lowest BCUT2D eigenvalue weighted by molar-refractivity contribution is 0.726. The summed E-state index contributed by atoms with van der Waals surface area (Å²) in [5, 5.41) is 4.57. The lowest BCUT2D eigenvalue weighted by Gasteiger charge is -2.21. The molecule has 1 aliphatic rings. The molecule has 1 aliphatic heterocycles. The van der Waals surface area contributed by atoms with Crippen LogP contribution in [-0.4, -0.2) is 29.6 Å². The molecule has 4 heteroatoms. The summed E-state index contributed by atoms with van der Waals surface area (Å²) in [7, 11) is 0. The van der Waals surface area contributed by atoms with Crippen molar-refractivity contribution in [1.29, 1.82) is 0 Å². The van der Waals surface area contributed by atoms with Crippen LogP contribution in [0.3, 0.4) is 0 Å². The number of nitrogens with one attached hydrogen (secondary N) is 1. The average molecular weight is 284 g/mol. The summed E-state index contributed by atoms with van der Waals surface area (Å²) in [6.45, 7) is 5.27. The number of para-hydroxylation sites is 1. The topological polar surface area (TPSA) is 41.1 Å². The van der Waals surface area contributed by atoms with Crippen molar-refractivity contribution in [2.75, 3.05) is 29.9 Å². The molecule has 1 aromatic heterocycles. The second-order valence-corrected chi connectivity index (χ2v) is 5.72. The van der Waals surface area contributed by atoms with Crippen molar-refractivity contribution in [1.82, 2.24) is 9.97 Å². The molecule has 4 nitrogen and oxygen atoms in total. The van der Waals surface area contributed by atoms with Gasteiger partial charge in [0.2, 0.25) is 5.95 Å². The highest BCUT2D eigenvalue weighted by molar-refractivity contribution is 5.90. The van der Waals surface area contributed by atoms with Crippen LogP contribution in [0.15, 0.2) is 24.3 Å². The van der Waals surface area contributed by atoms with E-state index in [0.717, 1.165) is 48.7 Å². The second kappa shape index (κ2) is 6.74. The van der Waals surface area contributed by atoms with E-state index in [-0.39, 0.29) is 0 Å². The fraction of sp³-hybridized carbons (Fsp3) is 0.529. The van der Waals surface area contributed by atoms with E-state index in [2.05, 4.69) is 35.3 Å². The Bertz CT molecular complexity index is 588. The second-order valence-electron chi connectivity index (χ2n) is 5.72.